The van der Waals surface area contributed by atoms with E-state index in [9.17, 15) is 4.79 Å². The zero-order valence-corrected chi connectivity index (χ0v) is 10.5. The van der Waals surface area contributed by atoms with Gasteiger partial charge in [-0.2, -0.15) is 0 Å². The zero-order valence-electron chi connectivity index (χ0n) is 10.5. The van der Waals surface area contributed by atoms with Crippen molar-refractivity contribution in [1.82, 2.24) is 10.6 Å². The summed E-state index contributed by atoms with van der Waals surface area (Å²) in [6.45, 7) is 6.20. The second-order valence-electron chi connectivity index (χ2n) is 5.89. The summed E-state index contributed by atoms with van der Waals surface area (Å²) in [5.74, 6) is 0.681. The minimum atomic E-state index is 0.224. The molecule has 16 heavy (non-hydrogen) atoms. The van der Waals surface area contributed by atoms with Crippen LogP contribution < -0.4 is 10.6 Å². The molecule has 0 aromatic heterocycles. The third-order valence-corrected chi connectivity index (χ3v) is 4.15. The van der Waals surface area contributed by atoms with Crippen molar-refractivity contribution >= 4 is 5.91 Å². The van der Waals surface area contributed by atoms with Crippen LogP contribution in [0.4, 0.5) is 0 Å². The lowest BCUT2D eigenvalue weighted by Crippen LogP contribution is -2.42. The standard InChI is InChI=1S/C13H24N2O/c1-10(2)8-12(16)15-9-13-5-3-4-11(13)14-7-6-13/h10-11,14H,3-9H2,1-2H3,(H,15,16)/t11-,13-/m1/s1. The number of carbonyl (C=O) groups is 1. The van der Waals surface area contributed by atoms with Gasteiger partial charge in [-0.05, 0) is 31.7 Å². The highest BCUT2D eigenvalue weighted by atomic mass is 16.1. The SMILES string of the molecule is CC(C)CC(=O)NC[C@]12CCC[C@H]1NCC2. The van der Waals surface area contributed by atoms with Crippen LogP contribution in [-0.4, -0.2) is 25.0 Å². The van der Waals surface area contributed by atoms with E-state index < -0.39 is 0 Å². The lowest BCUT2D eigenvalue weighted by atomic mass is 9.82. The van der Waals surface area contributed by atoms with E-state index in [-0.39, 0.29) is 5.91 Å². The van der Waals surface area contributed by atoms with Crippen molar-refractivity contribution in [3.8, 4) is 0 Å². The van der Waals surface area contributed by atoms with E-state index in [2.05, 4.69) is 24.5 Å². The van der Waals surface area contributed by atoms with Gasteiger partial charge in [-0.15, -0.1) is 0 Å². The molecule has 0 aromatic carbocycles. The summed E-state index contributed by atoms with van der Waals surface area (Å²) in [6, 6.07) is 0.659. The quantitative estimate of drug-likeness (QED) is 0.763. The molecular formula is C13H24N2O. The minimum Gasteiger partial charge on any atom is -0.355 e. The van der Waals surface area contributed by atoms with Gasteiger partial charge in [0.25, 0.3) is 0 Å². The van der Waals surface area contributed by atoms with Crippen LogP contribution in [0.3, 0.4) is 0 Å². The van der Waals surface area contributed by atoms with E-state index in [1.54, 1.807) is 0 Å². The van der Waals surface area contributed by atoms with Crippen molar-refractivity contribution in [2.45, 2.75) is 52.0 Å². The molecule has 0 spiro atoms. The Labute approximate surface area is 98.4 Å². The summed E-state index contributed by atoms with van der Waals surface area (Å²) in [5.41, 5.74) is 0.382. The largest absolute Gasteiger partial charge is 0.355 e. The van der Waals surface area contributed by atoms with Crippen molar-refractivity contribution in [2.75, 3.05) is 13.1 Å². The van der Waals surface area contributed by atoms with Crippen molar-refractivity contribution in [2.24, 2.45) is 11.3 Å². The molecule has 1 amide bonds. The van der Waals surface area contributed by atoms with Crippen molar-refractivity contribution < 1.29 is 4.79 Å². The fourth-order valence-corrected chi connectivity index (χ4v) is 3.27. The first-order valence-corrected chi connectivity index (χ1v) is 6.62. The fraction of sp³-hybridized carbons (Fsp3) is 0.923. The Kier molecular flexibility index (Phi) is 3.53. The van der Waals surface area contributed by atoms with Crippen LogP contribution in [0.25, 0.3) is 0 Å². The maximum Gasteiger partial charge on any atom is 0.220 e. The van der Waals surface area contributed by atoms with E-state index >= 15 is 0 Å². The second-order valence-corrected chi connectivity index (χ2v) is 5.89. The van der Waals surface area contributed by atoms with Gasteiger partial charge in [0, 0.05) is 24.4 Å². The molecule has 2 rings (SSSR count). The van der Waals surface area contributed by atoms with Gasteiger partial charge >= 0.3 is 0 Å². The molecule has 0 bridgehead atoms. The Morgan fingerprint density at radius 2 is 2.31 bits per heavy atom. The molecule has 1 saturated heterocycles. The maximum absolute atomic E-state index is 11.7. The van der Waals surface area contributed by atoms with Gasteiger partial charge in [-0.3, -0.25) is 4.79 Å². The summed E-state index contributed by atoms with van der Waals surface area (Å²) in [7, 11) is 0. The third-order valence-electron chi connectivity index (χ3n) is 4.15. The van der Waals surface area contributed by atoms with Crippen LogP contribution in [0, 0.1) is 11.3 Å². The molecule has 3 nitrogen and oxygen atoms in total. The van der Waals surface area contributed by atoms with E-state index in [0.29, 0.717) is 23.8 Å². The number of hydrogen-bond donors (Lipinski definition) is 2. The highest BCUT2D eigenvalue weighted by Crippen LogP contribution is 2.43. The first-order chi connectivity index (χ1) is 7.62. The molecule has 2 N–H and O–H groups in total. The van der Waals surface area contributed by atoms with E-state index in [1.807, 2.05) is 0 Å². The normalized spacial score (nSPS) is 33.1. The second kappa shape index (κ2) is 4.74. The Morgan fingerprint density at radius 1 is 1.50 bits per heavy atom. The predicted octanol–water partition coefficient (Wildman–Crippen LogP) is 1.68. The van der Waals surface area contributed by atoms with Crippen molar-refractivity contribution in [1.29, 1.82) is 0 Å². The highest BCUT2D eigenvalue weighted by Gasteiger charge is 2.45. The summed E-state index contributed by atoms with van der Waals surface area (Å²) in [4.78, 5) is 11.7. The molecule has 0 radical (unpaired) electrons. The van der Waals surface area contributed by atoms with Crippen LogP contribution in [0.2, 0.25) is 0 Å². The van der Waals surface area contributed by atoms with Gasteiger partial charge < -0.3 is 10.6 Å². The molecular weight excluding hydrogens is 200 g/mol. The number of hydrogen-bond acceptors (Lipinski definition) is 2. The van der Waals surface area contributed by atoms with Crippen molar-refractivity contribution in [3.05, 3.63) is 0 Å². The van der Waals surface area contributed by atoms with Crippen LogP contribution in [0.5, 0.6) is 0 Å². The van der Waals surface area contributed by atoms with Gasteiger partial charge in [-0.1, -0.05) is 20.3 Å². The molecule has 1 saturated carbocycles. The summed E-state index contributed by atoms with van der Waals surface area (Å²) in [6.07, 6.45) is 5.79. The molecule has 2 atom stereocenters. The Balaban J connectivity index is 1.82. The molecule has 1 aliphatic carbocycles. The molecule has 3 heteroatoms. The minimum absolute atomic E-state index is 0.224. The number of rotatable bonds is 4. The average molecular weight is 224 g/mol. The number of fused-ring (bicyclic) bond motifs is 1. The summed E-state index contributed by atoms with van der Waals surface area (Å²) in [5, 5.41) is 6.71. The number of nitrogens with one attached hydrogen (secondary N) is 2. The van der Waals surface area contributed by atoms with Crippen LogP contribution in [0.15, 0.2) is 0 Å². The van der Waals surface area contributed by atoms with Crippen LogP contribution >= 0.6 is 0 Å². The van der Waals surface area contributed by atoms with Gasteiger partial charge in [-0.25, -0.2) is 0 Å². The summed E-state index contributed by atoms with van der Waals surface area (Å²) >= 11 is 0. The van der Waals surface area contributed by atoms with E-state index in [0.717, 1.165) is 13.1 Å². The molecule has 2 aliphatic rings. The topological polar surface area (TPSA) is 41.1 Å². The van der Waals surface area contributed by atoms with Gasteiger partial charge in [0.1, 0.15) is 0 Å². The molecule has 92 valence electrons. The Hall–Kier alpha value is -0.570. The Morgan fingerprint density at radius 3 is 3.06 bits per heavy atom. The molecule has 1 heterocycles. The monoisotopic (exact) mass is 224 g/mol. The lowest BCUT2D eigenvalue weighted by molar-refractivity contribution is -0.122. The molecule has 0 aromatic rings. The lowest BCUT2D eigenvalue weighted by Gasteiger charge is -2.29. The number of carbonyl (C=O) groups excluding carboxylic acids is 1. The van der Waals surface area contributed by atoms with Gasteiger partial charge in [0.2, 0.25) is 5.91 Å². The van der Waals surface area contributed by atoms with Crippen LogP contribution in [-0.2, 0) is 4.79 Å². The maximum atomic E-state index is 11.7. The fourth-order valence-electron chi connectivity index (χ4n) is 3.27. The first kappa shape index (κ1) is 11.9. The third kappa shape index (κ3) is 2.40. The molecule has 0 unspecified atom stereocenters. The van der Waals surface area contributed by atoms with Gasteiger partial charge in [0.15, 0.2) is 0 Å². The van der Waals surface area contributed by atoms with E-state index in [4.69, 9.17) is 0 Å². The highest BCUT2D eigenvalue weighted by molar-refractivity contribution is 5.76. The van der Waals surface area contributed by atoms with Crippen LogP contribution in [0.1, 0.15) is 46.0 Å². The summed E-state index contributed by atoms with van der Waals surface area (Å²) < 4.78 is 0. The first-order valence-electron chi connectivity index (χ1n) is 6.62. The molecule has 2 fully saturated rings. The van der Waals surface area contributed by atoms with E-state index in [1.165, 1.54) is 25.7 Å². The smallest absolute Gasteiger partial charge is 0.220 e. The van der Waals surface area contributed by atoms with Gasteiger partial charge in [0.05, 0.1) is 0 Å². The zero-order chi connectivity index (χ0) is 11.6. The predicted molar refractivity (Wildman–Crippen MR) is 65.2 cm³/mol. The average Bonchev–Trinajstić information content (AvgIpc) is 2.71. The molecule has 1 aliphatic heterocycles. The van der Waals surface area contributed by atoms with Crippen molar-refractivity contribution in [3.63, 3.8) is 0 Å². The Bertz CT molecular complexity index is 253. The number of amides is 1.